The molecule has 0 aliphatic heterocycles. The molecule has 5 aromatic heterocycles. The fourth-order valence-corrected chi connectivity index (χ4v) is 4.99. The Morgan fingerprint density at radius 3 is 2.26 bits per heavy atom. The first-order valence-electron chi connectivity index (χ1n) is 8.47. The molecule has 9 nitrogen and oxygen atoms in total. The van der Waals surface area contributed by atoms with Crippen molar-refractivity contribution in [3.05, 3.63) is 70.5 Å². The van der Waals surface area contributed by atoms with Crippen LogP contribution in [0.3, 0.4) is 0 Å². The van der Waals surface area contributed by atoms with Crippen molar-refractivity contribution in [3.63, 3.8) is 0 Å². The van der Waals surface area contributed by atoms with Gasteiger partial charge < -0.3 is 15.5 Å². The number of esters is 1. The van der Waals surface area contributed by atoms with Crippen LogP contribution >= 0.6 is 57.2 Å². The van der Waals surface area contributed by atoms with E-state index in [-0.39, 0.29) is 31.7 Å². The lowest BCUT2D eigenvalue weighted by Crippen LogP contribution is -2.20. The summed E-state index contributed by atoms with van der Waals surface area (Å²) < 4.78 is 5.91. The van der Waals surface area contributed by atoms with Gasteiger partial charge in [0.2, 0.25) is 5.28 Å². The minimum Gasteiger partial charge on any atom is -0.465 e. The van der Waals surface area contributed by atoms with Gasteiger partial charge in [0.1, 0.15) is 9.58 Å². The zero-order valence-corrected chi connectivity index (χ0v) is 20.0. The Morgan fingerprint density at radius 1 is 0.971 bits per heavy atom. The van der Waals surface area contributed by atoms with Crippen LogP contribution in [-0.4, -0.2) is 33.0 Å². The fraction of sp³-hybridized carbons (Fsp3) is 0.150. The minimum atomic E-state index is -0.457. The SMILES string of the molecule is C.C.COC(=O)c1sccc1N.Clc1nc(Cl)c2sccc2n1.O=c1[nH]c(=O)c2sccc2[nH]1. The maximum atomic E-state index is 11.0. The molecule has 0 saturated carbocycles. The van der Waals surface area contributed by atoms with Crippen molar-refractivity contribution < 1.29 is 9.53 Å². The molecule has 0 bridgehead atoms. The van der Waals surface area contributed by atoms with Gasteiger partial charge in [0, 0.05) is 0 Å². The number of hydrogen-bond donors (Lipinski definition) is 3. The molecule has 5 rings (SSSR count). The van der Waals surface area contributed by atoms with Gasteiger partial charge in [-0.15, -0.1) is 34.0 Å². The molecule has 0 aromatic carbocycles. The predicted molar refractivity (Wildman–Crippen MR) is 144 cm³/mol. The highest BCUT2D eigenvalue weighted by atomic mass is 35.5. The van der Waals surface area contributed by atoms with Crippen molar-refractivity contribution in [1.82, 2.24) is 19.9 Å². The zero-order valence-electron chi connectivity index (χ0n) is 16.0. The molecule has 0 spiro atoms. The van der Waals surface area contributed by atoms with Gasteiger partial charge in [-0.3, -0.25) is 9.78 Å². The van der Waals surface area contributed by atoms with Crippen LogP contribution < -0.4 is 17.0 Å². The Balaban J connectivity index is 0.000000248. The lowest BCUT2D eigenvalue weighted by molar-refractivity contribution is 0.0607. The third kappa shape index (κ3) is 7.11. The second-order valence-corrected chi connectivity index (χ2v) is 9.13. The number of nitrogens with two attached hydrogens (primary N) is 1. The van der Waals surface area contributed by atoms with Crippen molar-refractivity contribution in [2.75, 3.05) is 12.8 Å². The van der Waals surface area contributed by atoms with Crippen LogP contribution in [0.4, 0.5) is 5.69 Å². The molecule has 0 aliphatic carbocycles. The highest BCUT2D eigenvalue weighted by Crippen LogP contribution is 2.26. The number of nitrogen functional groups attached to an aromatic ring is 1. The van der Waals surface area contributed by atoms with E-state index in [4.69, 9.17) is 28.9 Å². The van der Waals surface area contributed by atoms with Crippen LogP contribution in [0.15, 0.2) is 43.9 Å². The first-order valence-corrected chi connectivity index (χ1v) is 11.9. The highest BCUT2D eigenvalue weighted by Gasteiger charge is 2.09. The summed E-state index contributed by atoms with van der Waals surface area (Å²) in [4.78, 5) is 45.4. The molecule has 0 fully saturated rings. The molecular weight excluding hydrogens is 541 g/mol. The number of fused-ring (bicyclic) bond motifs is 2. The van der Waals surface area contributed by atoms with Gasteiger partial charge in [0.05, 0.1) is 28.5 Å². The van der Waals surface area contributed by atoms with Crippen molar-refractivity contribution >= 4 is 89.3 Å². The molecule has 4 N–H and O–H groups in total. The van der Waals surface area contributed by atoms with Crippen LogP contribution in [0.2, 0.25) is 10.4 Å². The van der Waals surface area contributed by atoms with Crippen LogP contribution in [0.5, 0.6) is 0 Å². The van der Waals surface area contributed by atoms with Gasteiger partial charge in [0.25, 0.3) is 5.56 Å². The smallest absolute Gasteiger partial charge is 0.350 e. The van der Waals surface area contributed by atoms with E-state index >= 15 is 0 Å². The van der Waals surface area contributed by atoms with E-state index < -0.39 is 5.69 Å². The minimum absolute atomic E-state index is 0. The number of thiophene rings is 3. The average Bonchev–Trinajstić information content (AvgIpc) is 3.49. The summed E-state index contributed by atoms with van der Waals surface area (Å²) in [5, 5.41) is 6.04. The van der Waals surface area contributed by atoms with Gasteiger partial charge >= 0.3 is 11.7 Å². The molecular formula is C20H21Cl2N5O4S3. The second kappa shape index (κ2) is 13.2. The molecule has 0 atom stereocenters. The number of H-pyrrole nitrogens is 2. The average molecular weight is 563 g/mol. The number of methoxy groups -OCH3 is 1. The van der Waals surface area contributed by atoms with E-state index in [1.807, 2.05) is 11.4 Å². The van der Waals surface area contributed by atoms with Crippen molar-refractivity contribution in [2.45, 2.75) is 14.9 Å². The maximum absolute atomic E-state index is 11.0. The van der Waals surface area contributed by atoms with Gasteiger partial charge in [-0.2, -0.15) is 0 Å². The van der Waals surface area contributed by atoms with Crippen molar-refractivity contribution in [2.24, 2.45) is 0 Å². The van der Waals surface area contributed by atoms with Gasteiger partial charge in [-0.1, -0.05) is 26.5 Å². The lowest BCUT2D eigenvalue weighted by atomic mass is 10.4. The molecule has 182 valence electrons. The number of carbonyl (C=O) groups is 1. The normalized spacial score (nSPS) is 9.62. The summed E-state index contributed by atoms with van der Waals surface area (Å²) in [5.41, 5.74) is 6.54. The molecule has 5 heterocycles. The quantitative estimate of drug-likeness (QED) is 0.136. The highest BCUT2D eigenvalue weighted by molar-refractivity contribution is 7.17. The molecule has 14 heteroatoms. The summed E-state index contributed by atoms with van der Waals surface area (Å²) in [6.45, 7) is 0. The molecule has 0 aliphatic rings. The Labute approximate surface area is 216 Å². The number of nitrogens with one attached hydrogen (secondary N) is 2. The standard InChI is InChI=1S/C6H2Cl2N2S.C6H4N2O2S.C6H7NO2S.2CH4/c7-5-4-3(1-2-11-4)9-6(8)10-5;9-5-4-3(1-2-11-4)7-6(10)8-5;1-9-6(8)5-4(7)2-3-10-5;;/h1-2H;1-2H,(H2,7,8,9,10);2-3H,7H2,1H3;2*1H4. The zero-order chi connectivity index (χ0) is 23.3. The van der Waals surface area contributed by atoms with Gasteiger partial charge in [0.15, 0.2) is 5.15 Å². The van der Waals surface area contributed by atoms with Gasteiger partial charge in [-0.25, -0.2) is 19.6 Å². The number of rotatable bonds is 1. The number of aromatic nitrogens is 4. The molecule has 0 amide bonds. The Bertz CT molecular complexity index is 1490. The first kappa shape index (κ1) is 29.3. The predicted octanol–water partition coefficient (Wildman–Crippen LogP) is 5.67. The van der Waals surface area contributed by atoms with Crippen LogP contribution in [0.1, 0.15) is 24.5 Å². The number of ether oxygens (including phenoxy) is 1. The summed E-state index contributed by atoms with van der Waals surface area (Å²) in [6.07, 6.45) is 0. The lowest BCUT2D eigenvalue weighted by Gasteiger charge is -1.94. The van der Waals surface area contributed by atoms with Crippen LogP contribution in [0.25, 0.3) is 20.4 Å². The van der Waals surface area contributed by atoms with E-state index in [0.29, 0.717) is 25.9 Å². The largest absolute Gasteiger partial charge is 0.465 e. The van der Waals surface area contributed by atoms with Gasteiger partial charge in [-0.05, 0) is 45.9 Å². The van der Waals surface area contributed by atoms with E-state index in [9.17, 15) is 14.4 Å². The topological polar surface area (TPSA) is 144 Å². The second-order valence-electron chi connectivity index (χ2n) is 5.69. The molecule has 0 unspecified atom stereocenters. The molecule has 0 saturated heterocycles. The number of nitrogens with zero attached hydrogens (tertiary/aromatic N) is 2. The van der Waals surface area contributed by atoms with E-state index in [0.717, 1.165) is 10.2 Å². The molecule has 0 radical (unpaired) electrons. The fourth-order valence-electron chi connectivity index (χ4n) is 2.28. The third-order valence-corrected chi connectivity index (χ3v) is 6.94. The number of aromatic amines is 2. The summed E-state index contributed by atoms with van der Waals surface area (Å²) in [7, 11) is 1.33. The van der Waals surface area contributed by atoms with Crippen molar-refractivity contribution in [3.8, 4) is 0 Å². The monoisotopic (exact) mass is 561 g/mol. The molecule has 34 heavy (non-hydrogen) atoms. The van der Waals surface area contributed by atoms with E-state index in [2.05, 4.69) is 24.7 Å². The summed E-state index contributed by atoms with van der Waals surface area (Å²) in [6, 6.07) is 5.24. The Hall–Kier alpha value is -2.77. The van der Waals surface area contributed by atoms with E-state index in [1.54, 1.807) is 22.9 Å². The Morgan fingerprint density at radius 2 is 1.62 bits per heavy atom. The summed E-state index contributed by atoms with van der Waals surface area (Å²) in [5.74, 6) is -0.368. The Kier molecular flexibility index (Phi) is 11.4. The number of hydrogen-bond acceptors (Lipinski definition) is 10. The van der Waals surface area contributed by atoms with Crippen LogP contribution in [-0.2, 0) is 4.74 Å². The third-order valence-electron chi connectivity index (χ3n) is 3.65. The number of halogens is 2. The molecule has 5 aromatic rings. The first-order chi connectivity index (χ1) is 15.3. The van der Waals surface area contributed by atoms with Crippen molar-refractivity contribution in [1.29, 1.82) is 0 Å². The van der Waals surface area contributed by atoms with Crippen LogP contribution in [0, 0.1) is 0 Å². The number of carbonyl (C=O) groups excluding carboxylic acids is 1. The number of anilines is 1. The van der Waals surface area contributed by atoms with E-state index in [1.165, 1.54) is 41.1 Å². The maximum Gasteiger partial charge on any atom is 0.350 e. The summed E-state index contributed by atoms with van der Waals surface area (Å²) >= 11 is 15.5.